The molecule has 0 bridgehead atoms. The van der Waals surface area contributed by atoms with Crippen LogP contribution in [-0.4, -0.2) is 6.09 Å². The van der Waals surface area contributed by atoms with E-state index in [1.165, 1.54) is 0 Å². The molecule has 0 radical (unpaired) electrons. The Morgan fingerprint density at radius 3 is 2.50 bits per heavy atom. The van der Waals surface area contributed by atoms with Crippen molar-refractivity contribution in [3.8, 4) is 0 Å². The standard InChI is InChI=1S/C14H10ClF2NO2/c15-10-6-11(16)12(17)7-13(10)18-14(19)20-8-9-4-2-1-3-5-9/h1-7H,8H2,(H,18,19). The number of carbonyl (C=O) groups is 1. The van der Waals surface area contributed by atoms with Gasteiger partial charge in [0.1, 0.15) is 6.61 Å². The molecule has 2 aromatic rings. The van der Waals surface area contributed by atoms with Gasteiger partial charge in [0, 0.05) is 6.07 Å². The zero-order valence-corrected chi connectivity index (χ0v) is 11.0. The van der Waals surface area contributed by atoms with Gasteiger partial charge < -0.3 is 4.74 Å². The van der Waals surface area contributed by atoms with Crippen LogP contribution in [0.25, 0.3) is 0 Å². The van der Waals surface area contributed by atoms with Crippen LogP contribution in [0.5, 0.6) is 0 Å². The first-order valence-corrected chi connectivity index (χ1v) is 6.06. The van der Waals surface area contributed by atoms with Crippen molar-refractivity contribution < 1.29 is 18.3 Å². The van der Waals surface area contributed by atoms with Crippen molar-refractivity contribution in [1.29, 1.82) is 0 Å². The van der Waals surface area contributed by atoms with Crippen molar-refractivity contribution in [3.05, 3.63) is 64.7 Å². The zero-order valence-electron chi connectivity index (χ0n) is 10.2. The van der Waals surface area contributed by atoms with Crippen LogP contribution in [0.3, 0.4) is 0 Å². The fraction of sp³-hybridized carbons (Fsp3) is 0.0714. The third-order valence-corrected chi connectivity index (χ3v) is 2.77. The molecule has 0 atom stereocenters. The van der Waals surface area contributed by atoms with Gasteiger partial charge in [0.25, 0.3) is 0 Å². The van der Waals surface area contributed by atoms with Gasteiger partial charge >= 0.3 is 6.09 Å². The molecule has 0 saturated carbocycles. The maximum Gasteiger partial charge on any atom is 0.412 e. The summed E-state index contributed by atoms with van der Waals surface area (Å²) >= 11 is 5.69. The minimum atomic E-state index is -1.10. The third-order valence-electron chi connectivity index (χ3n) is 2.46. The summed E-state index contributed by atoms with van der Waals surface area (Å²) in [5.41, 5.74) is 0.752. The largest absolute Gasteiger partial charge is 0.444 e. The Labute approximate surface area is 119 Å². The molecule has 3 nitrogen and oxygen atoms in total. The number of hydrogen-bond donors (Lipinski definition) is 1. The highest BCUT2D eigenvalue weighted by atomic mass is 35.5. The van der Waals surface area contributed by atoms with E-state index in [0.29, 0.717) is 0 Å². The summed E-state index contributed by atoms with van der Waals surface area (Å²) < 4.78 is 30.8. The molecule has 0 heterocycles. The average molecular weight is 298 g/mol. The van der Waals surface area contributed by atoms with E-state index in [0.717, 1.165) is 17.7 Å². The minimum Gasteiger partial charge on any atom is -0.444 e. The van der Waals surface area contributed by atoms with E-state index in [1.807, 2.05) is 18.2 Å². The number of amides is 1. The van der Waals surface area contributed by atoms with Gasteiger partial charge in [-0.2, -0.15) is 0 Å². The molecule has 0 unspecified atom stereocenters. The highest BCUT2D eigenvalue weighted by Crippen LogP contribution is 2.24. The van der Waals surface area contributed by atoms with Gasteiger partial charge in [-0.05, 0) is 11.6 Å². The van der Waals surface area contributed by atoms with Crippen LogP contribution < -0.4 is 5.32 Å². The lowest BCUT2D eigenvalue weighted by molar-refractivity contribution is 0.155. The Kier molecular flexibility index (Phi) is 4.53. The summed E-state index contributed by atoms with van der Waals surface area (Å²) in [7, 11) is 0. The fourth-order valence-electron chi connectivity index (χ4n) is 1.49. The highest BCUT2D eigenvalue weighted by molar-refractivity contribution is 6.33. The monoisotopic (exact) mass is 297 g/mol. The second kappa shape index (κ2) is 6.34. The number of halogens is 3. The van der Waals surface area contributed by atoms with Crippen LogP contribution in [0.15, 0.2) is 42.5 Å². The Bertz CT molecular complexity index is 620. The first-order valence-electron chi connectivity index (χ1n) is 5.68. The molecule has 0 saturated heterocycles. The second-order valence-electron chi connectivity index (χ2n) is 3.93. The summed E-state index contributed by atoms with van der Waals surface area (Å²) in [6, 6.07) is 10.6. The Morgan fingerprint density at radius 2 is 1.80 bits per heavy atom. The molecule has 2 rings (SSSR count). The molecule has 6 heteroatoms. The normalized spacial score (nSPS) is 10.2. The van der Waals surface area contributed by atoms with E-state index in [2.05, 4.69) is 5.32 Å². The molecular formula is C14H10ClF2NO2. The molecule has 2 aromatic carbocycles. The predicted molar refractivity (Wildman–Crippen MR) is 71.6 cm³/mol. The molecule has 0 spiro atoms. The van der Waals surface area contributed by atoms with Gasteiger partial charge in [-0.3, -0.25) is 5.32 Å². The average Bonchev–Trinajstić information content (AvgIpc) is 2.44. The van der Waals surface area contributed by atoms with Crippen LogP contribution in [0.1, 0.15) is 5.56 Å². The quantitative estimate of drug-likeness (QED) is 0.855. The fourth-order valence-corrected chi connectivity index (χ4v) is 1.69. The smallest absolute Gasteiger partial charge is 0.412 e. The minimum absolute atomic E-state index is 0.0522. The van der Waals surface area contributed by atoms with E-state index >= 15 is 0 Å². The first-order chi connectivity index (χ1) is 9.56. The molecule has 0 fully saturated rings. The molecule has 1 amide bonds. The number of carbonyl (C=O) groups excluding carboxylic acids is 1. The number of anilines is 1. The number of benzene rings is 2. The summed E-state index contributed by atoms with van der Waals surface area (Å²) in [6.07, 6.45) is -0.804. The summed E-state index contributed by atoms with van der Waals surface area (Å²) in [5.74, 6) is -2.19. The maximum absolute atomic E-state index is 13.0. The van der Waals surface area contributed by atoms with E-state index in [1.54, 1.807) is 12.1 Å². The second-order valence-corrected chi connectivity index (χ2v) is 4.34. The molecule has 1 N–H and O–H groups in total. The van der Waals surface area contributed by atoms with Crippen molar-refractivity contribution in [2.75, 3.05) is 5.32 Å². The molecule has 0 aliphatic rings. The van der Waals surface area contributed by atoms with Crippen LogP contribution in [-0.2, 0) is 11.3 Å². The van der Waals surface area contributed by atoms with E-state index < -0.39 is 17.7 Å². The maximum atomic E-state index is 13.0. The van der Waals surface area contributed by atoms with Crippen molar-refractivity contribution in [2.24, 2.45) is 0 Å². The molecular weight excluding hydrogens is 288 g/mol. The Balaban J connectivity index is 1.97. The molecule has 0 aliphatic heterocycles. The Hall–Kier alpha value is -2.14. The van der Waals surface area contributed by atoms with Gasteiger partial charge in [-0.1, -0.05) is 41.9 Å². The first kappa shape index (κ1) is 14.3. The van der Waals surface area contributed by atoms with Crippen LogP contribution in [0.2, 0.25) is 5.02 Å². The Morgan fingerprint density at radius 1 is 1.15 bits per heavy atom. The lowest BCUT2D eigenvalue weighted by Gasteiger charge is -2.09. The zero-order chi connectivity index (χ0) is 14.5. The van der Waals surface area contributed by atoms with Crippen LogP contribution in [0.4, 0.5) is 19.3 Å². The van der Waals surface area contributed by atoms with Gasteiger partial charge in [0.15, 0.2) is 11.6 Å². The van der Waals surface area contributed by atoms with Crippen molar-refractivity contribution in [1.82, 2.24) is 0 Å². The van der Waals surface area contributed by atoms with Crippen molar-refractivity contribution >= 4 is 23.4 Å². The van der Waals surface area contributed by atoms with E-state index in [4.69, 9.17) is 16.3 Å². The lowest BCUT2D eigenvalue weighted by Crippen LogP contribution is -2.14. The van der Waals surface area contributed by atoms with Crippen LogP contribution >= 0.6 is 11.6 Å². The van der Waals surface area contributed by atoms with Crippen molar-refractivity contribution in [2.45, 2.75) is 6.61 Å². The third kappa shape index (κ3) is 3.68. The SMILES string of the molecule is O=C(Nc1cc(F)c(F)cc1Cl)OCc1ccccc1. The van der Waals surface area contributed by atoms with Gasteiger partial charge in [0.2, 0.25) is 0 Å². The van der Waals surface area contributed by atoms with Gasteiger partial charge in [-0.25, -0.2) is 13.6 Å². The predicted octanol–water partition coefficient (Wildman–Crippen LogP) is 4.37. The molecule has 0 aromatic heterocycles. The number of rotatable bonds is 3. The van der Waals surface area contributed by atoms with E-state index in [-0.39, 0.29) is 17.3 Å². The van der Waals surface area contributed by atoms with Crippen LogP contribution in [0, 0.1) is 11.6 Å². The van der Waals surface area contributed by atoms with E-state index in [9.17, 15) is 13.6 Å². The number of hydrogen-bond acceptors (Lipinski definition) is 2. The van der Waals surface area contributed by atoms with Gasteiger partial charge in [-0.15, -0.1) is 0 Å². The molecule has 104 valence electrons. The van der Waals surface area contributed by atoms with Gasteiger partial charge in [0.05, 0.1) is 10.7 Å². The van der Waals surface area contributed by atoms with Crippen molar-refractivity contribution in [3.63, 3.8) is 0 Å². The topological polar surface area (TPSA) is 38.3 Å². The summed E-state index contributed by atoms with van der Waals surface area (Å²) in [5, 5.41) is 2.14. The molecule has 0 aliphatic carbocycles. The summed E-state index contributed by atoms with van der Waals surface area (Å²) in [6.45, 7) is 0.0635. The highest BCUT2D eigenvalue weighted by Gasteiger charge is 2.11. The lowest BCUT2D eigenvalue weighted by atomic mass is 10.2. The molecule has 20 heavy (non-hydrogen) atoms. The number of nitrogens with one attached hydrogen (secondary N) is 1. The summed E-state index contributed by atoms with van der Waals surface area (Å²) in [4.78, 5) is 11.5. The number of ether oxygens (including phenoxy) is 1.